The maximum atomic E-state index is 8.94. The number of benzene rings is 1. The van der Waals surface area contributed by atoms with Crippen LogP contribution in [0.5, 0.6) is 0 Å². The zero-order valence-electron chi connectivity index (χ0n) is 10.8. The molecule has 2 aromatic rings. The Morgan fingerprint density at radius 2 is 2.11 bits per heavy atom. The second-order valence-corrected chi connectivity index (χ2v) is 5.16. The van der Waals surface area contributed by atoms with Crippen LogP contribution in [-0.4, -0.2) is 11.5 Å². The Balaban J connectivity index is 2.03. The molecule has 18 heavy (non-hydrogen) atoms. The maximum absolute atomic E-state index is 8.94. The fourth-order valence-electron chi connectivity index (χ4n) is 1.80. The molecule has 2 rings (SSSR count). The van der Waals surface area contributed by atoms with E-state index in [1.54, 1.807) is 6.20 Å². The van der Waals surface area contributed by atoms with Gasteiger partial charge < -0.3 is 5.32 Å². The standard InChI is InChI=1S/C15H17N3/c1-15(2,10-16)11-18-8-12-3-4-14-9-17-6-5-13(14)7-12/h3-7,9,18H,8,11H2,1-2H3. The molecule has 0 spiro atoms. The summed E-state index contributed by atoms with van der Waals surface area (Å²) in [4.78, 5) is 4.10. The van der Waals surface area contributed by atoms with E-state index in [1.165, 1.54) is 10.9 Å². The quantitative estimate of drug-likeness (QED) is 0.892. The van der Waals surface area contributed by atoms with Crippen molar-refractivity contribution in [2.24, 2.45) is 5.41 Å². The van der Waals surface area contributed by atoms with Crippen molar-refractivity contribution >= 4 is 10.8 Å². The van der Waals surface area contributed by atoms with E-state index in [9.17, 15) is 0 Å². The lowest BCUT2D eigenvalue weighted by Crippen LogP contribution is -2.27. The number of hydrogen-bond acceptors (Lipinski definition) is 3. The molecule has 0 aliphatic carbocycles. The van der Waals surface area contributed by atoms with Crippen LogP contribution in [0.3, 0.4) is 0 Å². The second-order valence-electron chi connectivity index (χ2n) is 5.16. The molecule has 0 amide bonds. The predicted octanol–water partition coefficient (Wildman–Crippen LogP) is 2.87. The van der Waals surface area contributed by atoms with Gasteiger partial charge >= 0.3 is 0 Å². The third-order valence-corrected chi connectivity index (χ3v) is 2.90. The second kappa shape index (κ2) is 5.16. The fraction of sp³-hybridized carbons (Fsp3) is 0.333. The Morgan fingerprint density at radius 3 is 2.89 bits per heavy atom. The first kappa shape index (κ1) is 12.5. The number of nitrogens with zero attached hydrogens (tertiary/aromatic N) is 2. The number of pyridine rings is 1. The van der Waals surface area contributed by atoms with Crippen molar-refractivity contribution in [3.8, 4) is 6.07 Å². The summed E-state index contributed by atoms with van der Waals surface area (Å²) in [6.45, 7) is 5.35. The molecule has 0 radical (unpaired) electrons. The summed E-state index contributed by atoms with van der Waals surface area (Å²) < 4.78 is 0. The van der Waals surface area contributed by atoms with Gasteiger partial charge in [0.2, 0.25) is 0 Å². The lowest BCUT2D eigenvalue weighted by Gasteiger charge is -2.15. The lowest BCUT2D eigenvalue weighted by molar-refractivity contribution is 0.445. The molecule has 0 aliphatic heterocycles. The smallest absolute Gasteiger partial charge is 0.0697 e. The van der Waals surface area contributed by atoms with E-state index in [0.717, 1.165) is 11.9 Å². The van der Waals surface area contributed by atoms with Crippen molar-refractivity contribution in [1.82, 2.24) is 10.3 Å². The SMILES string of the molecule is CC(C)(C#N)CNCc1ccc2cnccc2c1. The van der Waals surface area contributed by atoms with Gasteiger partial charge in [-0.3, -0.25) is 4.98 Å². The molecule has 1 heterocycles. The zero-order chi connectivity index (χ0) is 13.0. The summed E-state index contributed by atoms with van der Waals surface area (Å²) in [5, 5.41) is 14.6. The van der Waals surface area contributed by atoms with Gasteiger partial charge in [-0.15, -0.1) is 0 Å². The molecule has 3 heteroatoms. The maximum Gasteiger partial charge on any atom is 0.0697 e. The van der Waals surface area contributed by atoms with E-state index in [1.807, 2.05) is 26.1 Å². The van der Waals surface area contributed by atoms with Gasteiger partial charge in [-0.2, -0.15) is 5.26 Å². The summed E-state index contributed by atoms with van der Waals surface area (Å²) in [6.07, 6.45) is 3.67. The Hall–Kier alpha value is -1.92. The molecule has 0 unspecified atom stereocenters. The van der Waals surface area contributed by atoms with Crippen molar-refractivity contribution in [1.29, 1.82) is 5.26 Å². The van der Waals surface area contributed by atoms with Gasteiger partial charge in [-0.05, 0) is 36.9 Å². The van der Waals surface area contributed by atoms with Gasteiger partial charge in [-0.1, -0.05) is 12.1 Å². The van der Waals surface area contributed by atoms with Crippen LogP contribution in [0.1, 0.15) is 19.4 Å². The van der Waals surface area contributed by atoms with Crippen LogP contribution >= 0.6 is 0 Å². The summed E-state index contributed by atoms with van der Waals surface area (Å²) in [5.74, 6) is 0. The Labute approximate surface area is 107 Å². The van der Waals surface area contributed by atoms with Crippen LogP contribution in [0.4, 0.5) is 0 Å². The first-order valence-corrected chi connectivity index (χ1v) is 6.05. The highest BCUT2D eigenvalue weighted by molar-refractivity contribution is 5.81. The molecule has 0 saturated carbocycles. The number of hydrogen-bond donors (Lipinski definition) is 1. The minimum atomic E-state index is -0.319. The normalized spacial score (nSPS) is 11.4. The summed E-state index contributed by atoms with van der Waals surface area (Å²) in [7, 11) is 0. The summed E-state index contributed by atoms with van der Waals surface area (Å²) >= 11 is 0. The Kier molecular flexibility index (Phi) is 3.59. The van der Waals surface area contributed by atoms with Gasteiger partial charge in [0.05, 0.1) is 11.5 Å². The third-order valence-electron chi connectivity index (χ3n) is 2.90. The Morgan fingerprint density at radius 1 is 1.28 bits per heavy atom. The molecule has 1 N–H and O–H groups in total. The van der Waals surface area contributed by atoms with Gasteiger partial charge in [0, 0.05) is 30.9 Å². The first-order valence-electron chi connectivity index (χ1n) is 6.05. The molecule has 0 atom stereocenters. The average Bonchev–Trinajstić information content (AvgIpc) is 2.38. The van der Waals surface area contributed by atoms with Crippen LogP contribution in [0.25, 0.3) is 10.8 Å². The monoisotopic (exact) mass is 239 g/mol. The zero-order valence-corrected chi connectivity index (χ0v) is 10.8. The lowest BCUT2D eigenvalue weighted by atomic mass is 9.96. The van der Waals surface area contributed by atoms with Crippen molar-refractivity contribution < 1.29 is 0 Å². The largest absolute Gasteiger partial charge is 0.311 e. The van der Waals surface area contributed by atoms with E-state index >= 15 is 0 Å². The highest BCUT2D eigenvalue weighted by Gasteiger charge is 2.15. The molecular weight excluding hydrogens is 222 g/mol. The van der Waals surface area contributed by atoms with Crippen LogP contribution in [-0.2, 0) is 6.54 Å². The van der Waals surface area contributed by atoms with Crippen LogP contribution in [0, 0.1) is 16.7 Å². The summed E-state index contributed by atoms with van der Waals surface area (Å²) in [6, 6.07) is 10.6. The minimum absolute atomic E-state index is 0.319. The highest BCUT2D eigenvalue weighted by Crippen LogP contribution is 2.15. The summed E-state index contributed by atoms with van der Waals surface area (Å²) in [5.41, 5.74) is 0.906. The van der Waals surface area contributed by atoms with E-state index in [-0.39, 0.29) is 5.41 Å². The molecule has 3 nitrogen and oxygen atoms in total. The van der Waals surface area contributed by atoms with Gasteiger partial charge in [0.25, 0.3) is 0 Å². The molecule has 0 fully saturated rings. The molecule has 0 bridgehead atoms. The van der Waals surface area contributed by atoms with E-state index in [4.69, 9.17) is 5.26 Å². The van der Waals surface area contributed by atoms with E-state index in [2.05, 4.69) is 34.6 Å². The Bertz CT molecular complexity index is 582. The van der Waals surface area contributed by atoms with Crippen LogP contribution < -0.4 is 5.32 Å². The molecule has 1 aromatic heterocycles. The number of fused-ring (bicyclic) bond motifs is 1. The topological polar surface area (TPSA) is 48.7 Å². The molecule has 0 aliphatic rings. The van der Waals surface area contributed by atoms with Gasteiger partial charge in [-0.25, -0.2) is 0 Å². The molecule has 92 valence electrons. The first-order chi connectivity index (χ1) is 8.61. The molecule has 1 aromatic carbocycles. The third kappa shape index (κ3) is 3.06. The van der Waals surface area contributed by atoms with Gasteiger partial charge in [0.15, 0.2) is 0 Å². The average molecular weight is 239 g/mol. The van der Waals surface area contributed by atoms with Crippen molar-refractivity contribution in [3.05, 3.63) is 42.2 Å². The van der Waals surface area contributed by atoms with Gasteiger partial charge in [0.1, 0.15) is 0 Å². The predicted molar refractivity (Wildman–Crippen MR) is 72.8 cm³/mol. The number of rotatable bonds is 4. The van der Waals surface area contributed by atoms with Crippen molar-refractivity contribution in [3.63, 3.8) is 0 Å². The number of nitriles is 1. The van der Waals surface area contributed by atoms with Crippen LogP contribution in [0.15, 0.2) is 36.7 Å². The van der Waals surface area contributed by atoms with Crippen molar-refractivity contribution in [2.45, 2.75) is 20.4 Å². The van der Waals surface area contributed by atoms with Crippen LogP contribution in [0.2, 0.25) is 0 Å². The minimum Gasteiger partial charge on any atom is -0.311 e. The molecular formula is C15H17N3. The fourth-order valence-corrected chi connectivity index (χ4v) is 1.80. The van der Waals surface area contributed by atoms with E-state index in [0.29, 0.717) is 6.54 Å². The number of aromatic nitrogens is 1. The molecule has 0 saturated heterocycles. The van der Waals surface area contributed by atoms with E-state index < -0.39 is 0 Å². The highest BCUT2D eigenvalue weighted by atomic mass is 14.9. The number of nitrogens with one attached hydrogen (secondary N) is 1. The van der Waals surface area contributed by atoms with Crippen molar-refractivity contribution in [2.75, 3.05) is 6.54 Å².